The fourth-order valence-corrected chi connectivity index (χ4v) is 1.80. The number of rotatable bonds is 6. The molecule has 0 saturated heterocycles. The molecule has 2 rings (SSSR count). The highest BCUT2D eigenvalue weighted by atomic mass is 16.5. The zero-order valence-corrected chi connectivity index (χ0v) is 11.6. The van der Waals surface area contributed by atoms with Gasteiger partial charge in [-0.15, -0.1) is 0 Å². The van der Waals surface area contributed by atoms with E-state index >= 15 is 0 Å². The summed E-state index contributed by atoms with van der Waals surface area (Å²) in [6.45, 7) is 4.33. The molecule has 2 aromatic heterocycles. The average molecular weight is 274 g/mol. The van der Waals surface area contributed by atoms with Crippen molar-refractivity contribution in [1.29, 1.82) is 0 Å². The van der Waals surface area contributed by atoms with Crippen LogP contribution in [0.25, 0.3) is 0 Å². The van der Waals surface area contributed by atoms with Gasteiger partial charge in [0, 0.05) is 25.0 Å². The molecule has 0 aliphatic rings. The van der Waals surface area contributed by atoms with Gasteiger partial charge in [0.05, 0.1) is 6.04 Å². The Bertz CT molecular complexity index is 553. The molecule has 0 fully saturated rings. The predicted octanol–water partition coefficient (Wildman–Crippen LogP) is 1.88. The first-order valence-electron chi connectivity index (χ1n) is 6.55. The molecule has 2 heterocycles. The lowest BCUT2D eigenvalue weighted by Crippen LogP contribution is -2.39. The zero-order valence-electron chi connectivity index (χ0n) is 11.6. The van der Waals surface area contributed by atoms with Crippen molar-refractivity contribution in [3.05, 3.63) is 41.9 Å². The van der Waals surface area contributed by atoms with Crippen LogP contribution in [-0.2, 0) is 11.3 Å². The number of aromatic nitrogens is 2. The van der Waals surface area contributed by atoms with Gasteiger partial charge in [0.25, 0.3) is 0 Å². The highest BCUT2D eigenvalue weighted by Gasteiger charge is 2.17. The summed E-state index contributed by atoms with van der Waals surface area (Å²) in [7, 11) is 0. The number of carbonyl (C=O) groups is 1. The molecule has 106 valence electrons. The minimum Gasteiger partial charge on any atom is -0.360 e. The maximum absolute atomic E-state index is 12.1. The SMILES string of the molecule is CCC(NCc1cccnc1)C(=O)Nc1cc(C)on1. The standard InChI is InChI=1S/C14H18N4O2/c1-3-12(16-9-11-5-4-6-15-8-11)14(19)17-13-7-10(2)20-18-13/h4-8,12,16H,3,9H2,1-2H3,(H,17,18,19). The van der Waals surface area contributed by atoms with Gasteiger partial charge in [0.15, 0.2) is 5.82 Å². The zero-order chi connectivity index (χ0) is 14.4. The predicted molar refractivity (Wildman–Crippen MR) is 75.0 cm³/mol. The van der Waals surface area contributed by atoms with Crippen LogP contribution >= 0.6 is 0 Å². The number of nitrogens with one attached hydrogen (secondary N) is 2. The molecule has 2 aromatic rings. The summed E-state index contributed by atoms with van der Waals surface area (Å²) in [4.78, 5) is 16.1. The van der Waals surface area contributed by atoms with Gasteiger partial charge in [-0.2, -0.15) is 0 Å². The summed E-state index contributed by atoms with van der Waals surface area (Å²) in [6, 6.07) is 5.24. The Kier molecular flexibility index (Phi) is 4.84. The number of amides is 1. The van der Waals surface area contributed by atoms with Crippen LogP contribution in [0.4, 0.5) is 5.82 Å². The van der Waals surface area contributed by atoms with Gasteiger partial charge in [0.2, 0.25) is 5.91 Å². The van der Waals surface area contributed by atoms with Crippen LogP contribution in [0.5, 0.6) is 0 Å². The lowest BCUT2D eigenvalue weighted by atomic mass is 10.2. The van der Waals surface area contributed by atoms with E-state index in [1.165, 1.54) is 0 Å². The molecule has 0 saturated carbocycles. The van der Waals surface area contributed by atoms with Crippen LogP contribution in [0.1, 0.15) is 24.7 Å². The second-order valence-corrected chi connectivity index (χ2v) is 4.52. The average Bonchev–Trinajstić information content (AvgIpc) is 2.86. The van der Waals surface area contributed by atoms with Gasteiger partial charge >= 0.3 is 0 Å². The van der Waals surface area contributed by atoms with Crippen molar-refractivity contribution in [3.8, 4) is 0 Å². The van der Waals surface area contributed by atoms with E-state index in [2.05, 4.69) is 20.8 Å². The Labute approximate surface area is 117 Å². The first-order valence-corrected chi connectivity index (χ1v) is 6.55. The van der Waals surface area contributed by atoms with E-state index in [4.69, 9.17) is 4.52 Å². The Morgan fingerprint density at radius 1 is 1.50 bits per heavy atom. The molecule has 6 nitrogen and oxygen atoms in total. The number of nitrogens with zero attached hydrogens (tertiary/aromatic N) is 2. The number of pyridine rings is 1. The normalized spacial score (nSPS) is 12.1. The Morgan fingerprint density at radius 3 is 2.95 bits per heavy atom. The number of aryl methyl sites for hydroxylation is 1. The smallest absolute Gasteiger partial charge is 0.242 e. The first kappa shape index (κ1) is 14.2. The van der Waals surface area contributed by atoms with E-state index in [1.807, 2.05) is 19.1 Å². The molecular weight excluding hydrogens is 256 g/mol. The molecule has 1 atom stereocenters. The summed E-state index contributed by atoms with van der Waals surface area (Å²) in [5, 5.41) is 9.68. The van der Waals surface area contributed by atoms with E-state index < -0.39 is 0 Å². The van der Waals surface area contributed by atoms with Crippen molar-refractivity contribution >= 4 is 11.7 Å². The lowest BCUT2D eigenvalue weighted by molar-refractivity contribution is -0.118. The molecule has 1 unspecified atom stereocenters. The van der Waals surface area contributed by atoms with Crippen LogP contribution in [0.3, 0.4) is 0 Å². The van der Waals surface area contributed by atoms with Crippen molar-refractivity contribution in [3.63, 3.8) is 0 Å². The highest BCUT2D eigenvalue weighted by molar-refractivity contribution is 5.93. The largest absolute Gasteiger partial charge is 0.360 e. The molecule has 0 aliphatic carbocycles. The molecule has 2 N–H and O–H groups in total. The molecule has 0 radical (unpaired) electrons. The van der Waals surface area contributed by atoms with E-state index in [9.17, 15) is 4.79 Å². The maximum Gasteiger partial charge on any atom is 0.242 e. The molecule has 0 aliphatic heterocycles. The molecule has 20 heavy (non-hydrogen) atoms. The minimum atomic E-state index is -0.285. The number of carbonyl (C=O) groups excluding carboxylic acids is 1. The Balaban J connectivity index is 1.89. The third-order valence-electron chi connectivity index (χ3n) is 2.88. The van der Waals surface area contributed by atoms with E-state index in [0.29, 0.717) is 24.5 Å². The van der Waals surface area contributed by atoms with Gasteiger partial charge in [-0.3, -0.25) is 9.78 Å². The van der Waals surface area contributed by atoms with Crippen molar-refractivity contribution in [2.24, 2.45) is 0 Å². The van der Waals surface area contributed by atoms with Crippen LogP contribution in [0.2, 0.25) is 0 Å². The first-order chi connectivity index (χ1) is 9.69. The maximum atomic E-state index is 12.1. The van der Waals surface area contributed by atoms with Crippen LogP contribution < -0.4 is 10.6 Å². The van der Waals surface area contributed by atoms with Crippen LogP contribution in [0.15, 0.2) is 35.1 Å². The molecular formula is C14H18N4O2. The van der Waals surface area contributed by atoms with Gasteiger partial charge in [0.1, 0.15) is 5.76 Å². The fourth-order valence-electron chi connectivity index (χ4n) is 1.80. The Hall–Kier alpha value is -2.21. The van der Waals surface area contributed by atoms with E-state index in [-0.39, 0.29) is 11.9 Å². The van der Waals surface area contributed by atoms with Crippen molar-refractivity contribution < 1.29 is 9.32 Å². The number of hydrogen-bond acceptors (Lipinski definition) is 5. The quantitative estimate of drug-likeness (QED) is 0.840. The third kappa shape index (κ3) is 3.89. The molecule has 0 spiro atoms. The van der Waals surface area contributed by atoms with Gasteiger partial charge in [-0.25, -0.2) is 0 Å². The van der Waals surface area contributed by atoms with E-state index in [1.54, 1.807) is 25.4 Å². The van der Waals surface area contributed by atoms with Crippen LogP contribution in [0, 0.1) is 6.92 Å². The van der Waals surface area contributed by atoms with Crippen molar-refractivity contribution in [1.82, 2.24) is 15.5 Å². The summed E-state index contributed by atoms with van der Waals surface area (Å²) in [6.07, 6.45) is 4.18. The van der Waals surface area contributed by atoms with Gasteiger partial charge < -0.3 is 15.2 Å². The number of anilines is 1. The summed E-state index contributed by atoms with van der Waals surface area (Å²) in [5.41, 5.74) is 1.04. The topological polar surface area (TPSA) is 80.0 Å². The summed E-state index contributed by atoms with van der Waals surface area (Å²) >= 11 is 0. The molecule has 1 amide bonds. The van der Waals surface area contributed by atoms with Gasteiger partial charge in [-0.1, -0.05) is 18.1 Å². The highest BCUT2D eigenvalue weighted by Crippen LogP contribution is 2.08. The fraction of sp³-hybridized carbons (Fsp3) is 0.357. The van der Waals surface area contributed by atoms with Crippen molar-refractivity contribution in [2.75, 3.05) is 5.32 Å². The minimum absolute atomic E-state index is 0.121. The molecule has 0 bridgehead atoms. The monoisotopic (exact) mass is 274 g/mol. The third-order valence-corrected chi connectivity index (χ3v) is 2.88. The lowest BCUT2D eigenvalue weighted by Gasteiger charge is -2.15. The van der Waals surface area contributed by atoms with Crippen LogP contribution in [-0.4, -0.2) is 22.1 Å². The summed E-state index contributed by atoms with van der Waals surface area (Å²) < 4.78 is 4.91. The second kappa shape index (κ2) is 6.81. The number of hydrogen-bond donors (Lipinski definition) is 2. The summed E-state index contributed by atoms with van der Waals surface area (Å²) in [5.74, 6) is 0.982. The molecule has 6 heteroatoms. The second-order valence-electron chi connectivity index (χ2n) is 4.52. The van der Waals surface area contributed by atoms with Crippen molar-refractivity contribution in [2.45, 2.75) is 32.9 Å². The van der Waals surface area contributed by atoms with E-state index in [0.717, 1.165) is 5.56 Å². The molecule has 0 aromatic carbocycles. The van der Waals surface area contributed by atoms with Gasteiger partial charge in [-0.05, 0) is 25.0 Å². The Morgan fingerprint density at radius 2 is 2.35 bits per heavy atom.